The van der Waals surface area contributed by atoms with Crippen LogP contribution in [-0.4, -0.2) is 18.7 Å². The van der Waals surface area contributed by atoms with E-state index in [1.807, 2.05) is 12.1 Å². The lowest BCUT2D eigenvalue weighted by Gasteiger charge is -2.27. The Balaban J connectivity index is 1.53. The van der Waals surface area contributed by atoms with E-state index in [2.05, 4.69) is 6.92 Å². The average Bonchev–Trinajstić information content (AvgIpc) is 2.68. The third-order valence-electron chi connectivity index (χ3n) is 4.82. The molecule has 3 rings (SSSR count). The third-order valence-corrected chi connectivity index (χ3v) is 4.82. The van der Waals surface area contributed by atoms with Crippen LogP contribution < -0.4 is 4.74 Å². The minimum Gasteiger partial charge on any atom is -0.426 e. The highest BCUT2D eigenvalue weighted by molar-refractivity contribution is 5.75. The smallest absolute Gasteiger partial charge is 0.314 e. The number of hydrogen-bond acceptors (Lipinski definition) is 3. The second-order valence-electron chi connectivity index (χ2n) is 6.80. The minimum absolute atomic E-state index is 0.0479. The highest BCUT2D eigenvalue weighted by Crippen LogP contribution is 2.29. The molecule has 0 unspecified atom stereocenters. The summed E-state index contributed by atoms with van der Waals surface area (Å²) < 4.78 is 24.3. The third kappa shape index (κ3) is 4.92. The van der Waals surface area contributed by atoms with Crippen molar-refractivity contribution in [1.82, 2.24) is 0 Å². The van der Waals surface area contributed by atoms with Crippen LogP contribution in [0.5, 0.6) is 5.75 Å². The lowest BCUT2D eigenvalue weighted by molar-refractivity contribution is -0.141. The highest BCUT2D eigenvalue weighted by atomic mass is 19.1. The highest BCUT2D eigenvalue weighted by Gasteiger charge is 2.28. The van der Waals surface area contributed by atoms with Crippen LogP contribution in [0.25, 0.3) is 11.1 Å². The van der Waals surface area contributed by atoms with Gasteiger partial charge in [0.1, 0.15) is 11.6 Å². The summed E-state index contributed by atoms with van der Waals surface area (Å²) in [6.07, 6.45) is 4.79. The number of hydrogen-bond donors (Lipinski definition) is 0. The van der Waals surface area contributed by atoms with Crippen LogP contribution in [0.4, 0.5) is 4.39 Å². The van der Waals surface area contributed by atoms with Crippen molar-refractivity contribution in [3.8, 4) is 16.9 Å². The second kappa shape index (κ2) is 8.95. The molecule has 0 spiro atoms. The van der Waals surface area contributed by atoms with E-state index in [1.165, 1.54) is 12.1 Å². The Labute approximate surface area is 154 Å². The molecule has 0 saturated heterocycles. The van der Waals surface area contributed by atoms with E-state index in [1.54, 1.807) is 24.3 Å². The van der Waals surface area contributed by atoms with Crippen molar-refractivity contribution in [2.24, 2.45) is 5.92 Å². The van der Waals surface area contributed by atoms with Gasteiger partial charge in [-0.25, -0.2) is 4.39 Å². The molecule has 2 aromatic rings. The number of carbonyl (C=O) groups excluding carboxylic acids is 1. The number of rotatable bonds is 6. The maximum Gasteiger partial charge on any atom is 0.314 e. The number of ether oxygens (including phenoxy) is 2. The molecule has 0 heterocycles. The molecule has 2 aromatic carbocycles. The largest absolute Gasteiger partial charge is 0.426 e. The van der Waals surface area contributed by atoms with E-state index < -0.39 is 0 Å². The molecule has 3 nitrogen and oxygen atoms in total. The summed E-state index contributed by atoms with van der Waals surface area (Å²) in [6.45, 7) is 2.89. The molecule has 1 saturated carbocycles. The van der Waals surface area contributed by atoms with E-state index in [9.17, 15) is 9.18 Å². The van der Waals surface area contributed by atoms with Gasteiger partial charge in [0.05, 0.1) is 12.0 Å². The number of benzene rings is 2. The summed E-state index contributed by atoms with van der Waals surface area (Å²) in [6, 6.07) is 13.7. The van der Waals surface area contributed by atoms with Crippen molar-refractivity contribution in [3.05, 3.63) is 54.3 Å². The molecule has 1 fully saturated rings. The molecule has 0 radical (unpaired) electrons. The van der Waals surface area contributed by atoms with Crippen molar-refractivity contribution >= 4 is 5.97 Å². The first-order valence-electron chi connectivity index (χ1n) is 9.35. The van der Waals surface area contributed by atoms with Crippen LogP contribution in [0.1, 0.15) is 39.0 Å². The standard InChI is InChI=1S/C22H25FO3/c1-2-15-25-20-11-7-18(8-12-20)22(24)26-21-13-5-17(6-14-21)16-3-9-19(23)10-4-16/h3-6,9-10,13-14,18,20H,2,7-8,11-12,15H2,1H3. The van der Waals surface area contributed by atoms with Gasteiger partial charge in [0, 0.05) is 6.61 Å². The summed E-state index contributed by atoms with van der Waals surface area (Å²) >= 11 is 0. The maximum absolute atomic E-state index is 13.0. The van der Waals surface area contributed by atoms with Gasteiger partial charge in [-0.15, -0.1) is 0 Å². The normalized spacial score (nSPS) is 19.9. The maximum atomic E-state index is 13.0. The van der Waals surface area contributed by atoms with Crippen LogP contribution in [-0.2, 0) is 9.53 Å². The number of esters is 1. The fourth-order valence-electron chi connectivity index (χ4n) is 3.31. The van der Waals surface area contributed by atoms with E-state index in [0.29, 0.717) is 5.75 Å². The summed E-state index contributed by atoms with van der Waals surface area (Å²) in [4.78, 5) is 12.4. The monoisotopic (exact) mass is 356 g/mol. The van der Waals surface area contributed by atoms with Crippen molar-refractivity contribution in [3.63, 3.8) is 0 Å². The molecule has 4 heteroatoms. The molecule has 138 valence electrons. The Morgan fingerprint density at radius 3 is 2.12 bits per heavy atom. The Hall–Kier alpha value is -2.20. The first-order chi connectivity index (χ1) is 12.7. The minimum atomic E-state index is -0.255. The molecule has 1 aliphatic carbocycles. The number of carbonyl (C=O) groups is 1. The van der Waals surface area contributed by atoms with Gasteiger partial charge >= 0.3 is 5.97 Å². The molecular formula is C22H25FO3. The molecule has 0 aliphatic heterocycles. The summed E-state index contributed by atoms with van der Waals surface area (Å²) in [5.41, 5.74) is 1.88. The van der Waals surface area contributed by atoms with Gasteiger partial charge in [0.2, 0.25) is 0 Å². The summed E-state index contributed by atoms with van der Waals surface area (Å²) in [5.74, 6) is 0.0843. The zero-order valence-corrected chi connectivity index (χ0v) is 15.1. The van der Waals surface area contributed by atoms with Gasteiger partial charge < -0.3 is 9.47 Å². The van der Waals surface area contributed by atoms with Crippen LogP contribution in [0.15, 0.2) is 48.5 Å². The average molecular weight is 356 g/mol. The van der Waals surface area contributed by atoms with E-state index >= 15 is 0 Å². The zero-order chi connectivity index (χ0) is 18.4. The Morgan fingerprint density at radius 2 is 1.54 bits per heavy atom. The van der Waals surface area contributed by atoms with Crippen molar-refractivity contribution in [2.45, 2.75) is 45.1 Å². The SMILES string of the molecule is CCCOC1CCC(C(=O)Oc2ccc(-c3ccc(F)cc3)cc2)CC1. The van der Waals surface area contributed by atoms with E-state index in [4.69, 9.17) is 9.47 Å². The molecular weight excluding hydrogens is 331 g/mol. The van der Waals surface area contributed by atoms with Gasteiger partial charge in [-0.2, -0.15) is 0 Å². The Bertz CT molecular complexity index is 701. The molecule has 0 N–H and O–H groups in total. The molecule has 26 heavy (non-hydrogen) atoms. The summed E-state index contributed by atoms with van der Waals surface area (Å²) in [5, 5.41) is 0. The van der Waals surface area contributed by atoms with Crippen LogP contribution in [0.3, 0.4) is 0 Å². The fourth-order valence-corrected chi connectivity index (χ4v) is 3.31. The molecule has 0 amide bonds. The molecule has 1 aliphatic rings. The lowest BCUT2D eigenvalue weighted by atomic mass is 9.87. The predicted octanol–water partition coefficient (Wildman–Crippen LogP) is 5.38. The summed E-state index contributed by atoms with van der Waals surface area (Å²) in [7, 11) is 0. The first-order valence-corrected chi connectivity index (χ1v) is 9.35. The first kappa shape index (κ1) is 18.6. The zero-order valence-electron chi connectivity index (χ0n) is 15.1. The van der Waals surface area contributed by atoms with Crippen LogP contribution in [0, 0.1) is 11.7 Å². The van der Waals surface area contributed by atoms with Gasteiger partial charge in [0.15, 0.2) is 0 Å². The van der Waals surface area contributed by atoms with Gasteiger partial charge in [-0.3, -0.25) is 4.79 Å². The van der Waals surface area contributed by atoms with Gasteiger partial charge in [-0.05, 0) is 67.5 Å². The van der Waals surface area contributed by atoms with Gasteiger partial charge in [0.25, 0.3) is 0 Å². The van der Waals surface area contributed by atoms with Crippen molar-refractivity contribution in [1.29, 1.82) is 0 Å². The topological polar surface area (TPSA) is 35.5 Å². The second-order valence-corrected chi connectivity index (χ2v) is 6.80. The van der Waals surface area contributed by atoms with Crippen LogP contribution >= 0.6 is 0 Å². The Kier molecular flexibility index (Phi) is 6.40. The molecule has 0 bridgehead atoms. The predicted molar refractivity (Wildman–Crippen MR) is 99.5 cm³/mol. The van der Waals surface area contributed by atoms with E-state index in [-0.39, 0.29) is 23.8 Å². The molecule has 0 aromatic heterocycles. The van der Waals surface area contributed by atoms with Crippen LogP contribution in [0.2, 0.25) is 0 Å². The fraction of sp³-hybridized carbons (Fsp3) is 0.409. The quantitative estimate of drug-likeness (QED) is 0.515. The lowest BCUT2D eigenvalue weighted by Crippen LogP contribution is -2.29. The van der Waals surface area contributed by atoms with Gasteiger partial charge in [-0.1, -0.05) is 31.2 Å². The number of halogens is 1. The van der Waals surface area contributed by atoms with Crippen molar-refractivity contribution in [2.75, 3.05) is 6.61 Å². The van der Waals surface area contributed by atoms with Crippen molar-refractivity contribution < 1.29 is 18.7 Å². The Morgan fingerprint density at radius 1 is 0.962 bits per heavy atom. The van der Waals surface area contributed by atoms with E-state index in [0.717, 1.165) is 49.8 Å². The molecule has 0 atom stereocenters.